The van der Waals surface area contributed by atoms with E-state index in [1.54, 1.807) is 17.8 Å². The summed E-state index contributed by atoms with van der Waals surface area (Å²) in [4.78, 5) is 28.9. The average Bonchev–Trinajstić information content (AvgIpc) is 2.61. The smallest absolute Gasteiger partial charge is 0.258 e. The van der Waals surface area contributed by atoms with Crippen molar-refractivity contribution in [3.8, 4) is 0 Å². The zero-order valence-corrected chi connectivity index (χ0v) is 14.7. The Labute approximate surface area is 148 Å². The van der Waals surface area contributed by atoms with Gasteiger partial charge in [0.1, 0.15) is 16.7 Å². The maximum atomic E-state index is 12.3. The van der Waals surface area contributed by atoms with E-state index in [0.717, 1.165) is 21.8 Å². The number of nitrogens with one attached hydrogen (secondary N) is 1. The molecule has 0 aliphatic rings. The minimum Gasteiger partial charge on any atom is -0.309 e. The fraction of sp³-hybridized carbons (Fsp3) is 0.158. The standard InChI is InChI=1S/C19H16N4OS/c1-11(17-22-15-9-5-3-7-13(15)18(24)23-17)25-19-14-8-4-6-10-16(14)20-12(2)21-19/h3-11H,1-2H3,(H,22,23,24). The van der Waals surface area contributed by atoms with Crippen molar-refractivity contribution in [1.29, 1.82) is 0 Å². The highest BCUT2D eigenvalue weighted by Crippen LogP contribution is 2.35. The number of H-pyrrole nitrogens is 1. The zero-order valence-electron chi connectivity index (χ0n) is 13.9. The van der Waals surface area contributed by atoms with Gasteiger partial charge in [0.05, 0.1) is 21.7 Å². The van der Waals surface area contributed by atoms with Crippen LogP contribution < -0.4 is 5.56 Å². The molecule has 4 rings (SSSR count). The highest BCUT2D eigenvalue weighted by atomic mass is 32.2. The number of rotatable bonds is 3. The van der Waals surface area contributed by atoms with E-state index in [-0.39, 0.29) is 10.8 Å². The summed E-state index contributed by atoms with van der Waals surface area (Å²) in [6.07, 6.45) is 0. The molecule has 124 valence electrons. The van der Waals surface area contributed by atoms with Crippen LogP contribution in [0.15, 0.2) is 58.4 Å². The van der Waals surface area contributed by atoms with Crippen LogP contribution in [0.5, 0.6) is 0 Å². The number of aromatic nitrogens is 4. The van der Waals surface area contributed by atoms with Crippen molar-refractivity contribution in [2.24, 2.45) is 0 Å². The number of aromatic amines is 1. The molecule has 2 aromatic carbocycles. The third-order valence-corrected chi connectivity index (χ3v) is 5.10. The lowest BCUT2D eigenvalue weighted by atomic mass is 10.2. The van der Waals surface area contributed by atoms with Gasteiger partial charge in [0.2, 0.25) is 0 Å². The van der Waals surface area contributed by atoms with Crippen LogP contribution in [0.4, 0.5) is 0 Å². The topological polar surface area (TPSA) is 71.5 Å². The number of nitrogens with zero attached hydrogens (tertiary/aromatic N) is 3. The predicted octanol–water partition coefficient (Wildman–Crippen LogP) is 4.03. The third kappa shape index (κ3) is 3.00. The number of thioether (sulfide) groups is 1. The van der Waals surface area contributed by atoms with Crippen LogP contribution >= 0.6 is 11.8 Å². The largest absolute Gasteiger partial charge is 0.309 e. The second-order valence-electron chi connectivity index (χ2n) is 5.82. The molecule has 2 aromatic heterocycles. The normalized spacial score (nSPS) is 12.6. The summed E-state index contributed by atoms with van der Waals surface area (Å²) >= 11 is 1.57. The third-order valence-electron chi connectivity index (χ3n) is 3.98. The minimum atomic E-state index is -0.114. The molecule has 0 saturated heterocycles. The predicted molar refractivity (Wildman–Crippen MR) is 101 cm³/mol. The zero-order chi connectivity index (χ0) is 17.4. The molecule has 5 nitrogen and oxygen atoms in total. The van der Waals surface area contributed by atoms with Crippen LogP contribution in [-0.4, -0.2) is 19.9 Å². The monoisotopic (exact) mass is 348 g/mol. The van der Waals surface area contributed by atoms with Crippen LogP contribution in [-0.2, 0) is 0 Å². The van der Waals surface area contributed by atoms with E-state index in [0.29, 0.717) is 16.7 Å². The molecule has 1 N–H and O–H groups in total. The first-order valence-corrected chi connectivity index (χ1v) is 8.89. The quantitative estimate of drug-likeness (QED) is 0.447. The van der Waals surface area contributed by atoms with Gasteiger partial charge in [0, 0.05) is 5.39 Å². The van der Waals surface area contributed by atoms with Crippen molar-refractivity contribution >= 4 is 33.6 Å². The van der Waals surface area contributed by atoms with E-state index >= 15 is 0 Å². The van der Waals surface area contributed by atoms with Crippen LogP contribution in [0.25, 0.3) is 21.8 Å². The number of hydrogen-bond acceptors (Lipinski definition) is 5. The van der Waals surface area contributed by atoms with E-state index < -0.39 is 0 Å². The van der Waals surface area contributed by atoms with Crippen LogP contribution in [0.2, 0.25) is 0 Å². The summed E-state index contributed by atoms with van der Waals surface area (Å²) in [5, 5.41) is 2.46. The Morgan fingerprint density at radius 1 is 0.920 bits per heavy atom. The van der Waals surface area contributed by atoms with Crippen molar-refractivity contribution in [2.75, 3.05) is 0 Å². The van der Waals surface area contributed by atoms with E-state index in [2.05, 4.69) is 19.9 Å². The Morgan fingerprint density at radius 2 is 1.56 bits per heavy atom. The summed E-state index contributed by atoms with van der Waals surface area (Å²) in [7, 11) is 0. The highest BCUT2D eigenvalue weighted by molar-refractivity contribution is 7.99. The van der Waals surface area contributed by atoms with E-state index in [4.69, 9.17) is 0 Å². The second-order valence-corrected chi connectivity index (χ2v) is 7.15. The summed E-state index contributed by atoms with van der Waals surface area (Å²) in [6, 6.07) is 15.3. The summed E-state index contributed by atoms with van der Waals surface area (Å²) < 4.78 is 0. The van der Waals surface area contributed by atoms with Gasteiger partial charge in [-0.3, -0.25) is 4.79 Å². The summed E-state index contributed by atoms with van der Waals surface area (Å²) in [5.41, 5.74) is 1.51. The maximum Gasteiger partial charge on any atom is 0.258 e. The molecule has 0 radical (unpaired) electrons. The Hall–Kier alpha value is -2.73. The minimum absolute atomic E-state index is 0.0463. The van der Waals surface area contributed by atoms with Gasteiger partial charge in [-0.1, -0.05) is 42.1 Å². The van der Waals surface area contributed by atoms with E-state index in [1.807, 2.05) is 56.3 Å². The van der Waals surface area contributed by atoms with Gasteiger partial charge < -0.3 is 4.98 Å². The lowest BCUT2D eigenvalue weighted by Gasteiger charge is -2.12. The molecule has 0 saturated carbocycles. The Kier molecular flexibility index (Phi) is 3.97. The number of hydrogen-bond donors (Lipinski definition) is 1. The van der Waals surface area contributed by atoms with Gasteiger partial charge >= 0.3 is 0 Å². The number of benzene rings is 2. The molecule has 1 atom stereocenters. The van der Waals surface area contributed by atoms with E-state index in [1.165, 1.54) is 0 Å². The molecule has 1 unspecified atom stereocenters. The van der Waals surface area contributed by atoms with E-state index in [9.17, 15) is 4.79 Å². The number of aryl methyl sites for hydroxylation is 1. The molecule has 0 amide bonds. The fourth-order valence-corrected chi connectivity index (χ4v) is 3.81. The molecule has 0 aliphatic carbocycles. The molecule has 0 bridgehead atoms. The van der Waals surface area contributed by atoms with Gasteiger partial charge in [-0.2, -0.15) is 0 Å². The number of para-hydroxylation sites is 2. The van der Waals surface area contributed by atoms with Crippen molar-refractivity contribution in [3.63, 3.8) is 0 Å². The van der Waals surface area contributed by atoms with Crippen LogP contribution in [0.1, 0.15) is 23.8 Å². The summed E-state index contributed by atoms with van der Waals surface area (Å²) in [6.45, 7) is 3.90. The Balaban J connectivity index is 1.76. The van der Waals surface area contributed by atoms with Crippen LogP contribution in [0, 0.1) is 6.92 Å². The SMILES string of the molecule is Cc1nc(SC(C)c2nc3ccccc3c(=O)[nH]2)c2ccccc2n1. The Bertz CT molecular complexity index is 1140. The van der Waals surface area contributed by atoms with Gasteiger partial charge in [-0.05, 0) is 32.0 Å². The van der Waals surface area contributed by atoms with Crippen molar-refractivity contribution in [2.45, 2.75) is 24.1 Å². The first kappa shape index (κ1) is 15.8. The van der Waals surface area contributed by atoms with Gasteiger partial charge in [0.15, 0.2) is 0 Å². The molecule has 4 aromatic rings. The highest BCUT2D eigenvalue weighted by Gasteiger charge is 2.15. The van der Waals surface area contributed by atoms with Gasteiger partial charge in [0.25, 0.3) is 5.56 Å². The first-order valence-electron chi connectivity index (χ1n) is 8.01. The second kappa shape index (κ2) is 6.29. The van der Waals surface area contributed by atoms with Crippen molar-refractivity contribution in [1.82, 2.24) is 19.9 Å². The Morgan fingerprint density at radius 3 is 2.32 bits per heavy atom. The molecular weight excluding hydrogens is 332 g/mol. The fourth-order valence-electron chi connectivity index (χ4n) is 2.77. The molecule has 2 heterocycles. The molecule has 6 heteroatoms. The summed E-state index contributed by atoms with van der Waals surface area (Å²) in [5.74, 6) is 1.38. The molecule has 0 spiro atoms. The molecule has 0 fully saturated rings. The van der Waals surface area contributed by atoms with Crippen molar-refractivity contribution in [3.05, 3.63) is 70.5 Å². The lowest BCUT2D eigenvalue weighted by molar-refractivity contribution is 0.915. The van der Waals surface area contributed by atoms with Gasteiger partial charge in [-0.15, -0.1) is 0 Å². The molecule has 0 aliphatic heterocycles. The first-order chi connectivity index (χ1) is 12.1. The molecular formula is C19H16N4OS. The molecule has 25 heavy (non-hydrogen) atoms. The average molecular weight is 348 g/mol. The van der Waals surface area contributed by atoms with Crippen molar-refractivity contribution < 1.29 is 0 Å². The number of fused-ring (bicyclic) bond motifs is 2. The van der Waals surface area contributed by atoms with Gasteiger partial charge in [-0.25, -0.2) is 15.0 Å². The van der Waals surface area contributed by atoms with Crippen LogP contribution in [0.3, 0.4) is 0 Å². The lowest BCUT2D eigenvalue weighted by Crippen LogP contribution is -2.12. The maximum absolute atomic E-state index is 12.3.